The fraction of sp³-hybridized carbons (Fsp3) is 0.429. The molecule has 50 valence electrons. The molecule has 0 spiro atoms. The van der Waals surface area contributed by atoms with E-state index in [9.17, 15) is 0 Å². The van der Waals surface area contributed by atoms with E-state index in [1.165, 1.54) is 0 Å². The summed E-state index contributed by atoms with van der Waals surface area (Å²) in [6.07, 6.45) is 4.11. The number of hydrogen-bond acceptors (Lipinski definition) is 0. The van der Waals surface area contributed by atoms with Crippen LogP contribution < -0.4 is 4.59 Å². The van der Waals surface area contributed by atoms with E-state index in [0.29, 0.717) is 0 Å². The first-order valence-corrected chi connectivity index (χ1v) is 3.06. The van der Waals surface area contributed by atoms with Gasteiger partial charge in [-0.1, -0.05) is 0 Å². The van der Waals surface area contributed by atoms with Gasteiger partial charge in [-0.3, -0.25) is 0 Å². The van der Waals surface area contributed by atoms with Gasteiger partial charge in [-0.25, -0.2) is 9.27 Å². The van der Waals surface area contributed by atoms with Gasteiger partial charge in [-0.15, -0.1) is 0 Å². The highest BCUT2D eigenvalue weighted by molar-refractivity contribution is 4.92. The zero-order valence-electron chi connectivity index (χ0n) is 6.20. The Bertz CT molecular complexity index is 169. The highest BCUT2D eigenvalue weighted by atomic mass is 15.6. The Morgan fingerprint density at radius 1 is 1.00 bits per heavy atom. The molecule has 0 unspecified atom stereocenters. The predicted molar refractivity (Wildman–Crippen MR) is 39.7 cm³/mol. The van der Waals surface area contributed by atoms with Crippen LogP contribution in [0.1, 0.15) is 0 Å². The molecule has 2 nitrogen and oxygen atoms in total. The first kappa shape index (κ1) is 6.36. The number of quaternary nitrogens is 1. The van der Waals surface area contributed by atoms with E-state index in [4.69, 9.17) is 0 Å². The van der Waals surface area contributed by atoms with E-state index >= 15 is 0 Å². The lowest BCUT2D eigenvalue weighted by Gasteiger charge is -2.23. The van der Waals surface area contributed by atoms with Crippen LogP contribution in [0.4, 0.5) is 0 Å². The molecule has 1 heterocycles. The lowest BCUT2D eigenvalue weighted by Crippen LogP contribution is -2.45. The van der Waals surface area contributed by atoms with Crippen LogP contribution in [0.5, 0.6) is 0 Å². The summed E-state index contributed by atoms with van der Waals surface area (Å²) in [6, 6.07) is 4.06. The van der Waals surface area contributed by atoms with Gasteiger partial charge in [0.2, 0.25) is 0 Å². The molecule has 9 heavy (non-hydrogen) atoms. The Hall–Kier alpha value is -0.760. The van der Waals surface area contributed by atoms with Crippen LogP contribution in [-0.2, 0) is 0 Å². The lowest BCUT2D eigenvalue weighted by molar-refractivity contribution is 0.260. The van der Waals surface area contributed by atoms with E-state index in [1.807, 2.05) is 12.1 Å². The van der Waals surface area contributed by atoms with Gasteiger partial charge in [0.15, 0.2) is 0 Å². The van der Waals surface area contributed by atoms with Crippen LogP contribution in [0.15, 0.2) is 24.5 Å². The molecule has 0 saturated heterocycles. The smallest absolute Gasteiger partial charge is 0.0907 e. The summed E-state index contributed by atoms with van der Waals surface area (Å²) in [6.45, 7) is 0. The highest BCUT2D eigenvalue weighted by Crippen LogP contribution is 1.93. The minimum atomic E-state index is 0.826. The maximum atomic E-state index is 2.12. The Morgan fingerprint density at radius 3 is 1.67 bits per heavy atom. The molecule has 2 heteroatoms. The summed E-state index contributed by atoms with van der Waals surface area (Å²) in [4.78, 5) is 0. The van der Waals surface area contributed by atoms with Gasteiger partial charge in [0.1, 0.15) is 0 Å². The van der Waals surface area contributed by atoms with Crippen LogP contribution in [0, 0.1) is 0 Å². The Labute approximate surface area is 55.9 Å². The average molecular weight is 125 g/mol. The molecule has 1 aromatic rings. The van der Waals surface area contributed by atoms with Crippen LogP contribution >= 0.6 is 0 Å². The molecule has 0 bridgehead atoms. The Kier molecular flexibility index (Phi) is 1.33. The fourth-order valence-corrected chi connectivity index (χ4v) is 0.725. The molecule has 0 amide bonds. The topological polar surface area (TPSA) is 4.93 Å². The third kappa shape index (κ3) is 1.33. The lowest BCUT2D eigenvalue weighted by atomic mass is 10.7. The second-order valence-electron chi connectivity index (χ2n) is 3.00. The van der Waals surface area contributed by atoms with Gasteiger partial charge in [0.05, 0.1) is 33.5 Å². The first-order valence-electron chi connectivity index (χ1n) is 3.06. The van der Waals surface area contributed by atoms with E-state index in [0.717, 1.165) is 4.59 Å². The van der Waals surface area contributed by atoms with Crippen molar-refractivity contribution in [2.75, 3.05) is 21.1 Å². The molecule has 0 atom stereocenters. The van der Waals surface area contributed by atoms with E-state index < -0.39 is 0 Å². The van der Waals surface area contributed by atoms with Crippen molar-refractivity contribution in [1.29, 1.82) is 0 Å². The van der Waals surface area contributed by atoms with Crippen molar-refractivity contribution in [1.82, 2.24) is 9.27 Å². The minimum absolute atomic E-state index is 0.826. The summed E-state index contributed by atoms with van der Waals surface area (Å²) < 4.78 is 2.95. The molecule has 1 aromatic heterocycles. The SMILES string of the molecule is C[N+](C)(C)n1cccc1. The molecule has 0 aromatic carbocycles. The summed E-state index contributed by atoms with van der Waals surface area (Å²) in [5.41, 5.74) is 0. The number of rotatable bonds is 1. The molecule has 0 aliphatic heterocycles. The summed E-state index contributed by atoms with van der Waals surface area (Å²) in [5, 5.41) is 0. The predicted octanol–water partition coefficient (Wildman–Crippen LogP) is 0.816. The van der Waals surface area contributed by atoms with Gasteiger partial charge in [0, 0.05) is 0 Å². The van der Waals surface area contributed by atoms with E-state index in [1.54, 1.807) is 0 Å². The third-order valence-electron chi connectivity index (χ3n) is 1.28. The zero-order chi connectivity index (χ0) is 6.91. The van der Waals surface area contributed by atoms with Gasteiger partial charge in [0.25, 0.3) is 0 Å². The van der Waals surface area contributed by atoms with E-state index in [-0.39, 0.29) is 0 Å². The molecule has 0 saturated carbocycles. The summed E-state index contributed by atoms with van der Waals surface area (Å²) >= 11 is 0. The molecule has 0 aliphatic rings. The maximum absolute atomic E-state index is 2.12. The quantitative estimate of drug-likeness (QED) is 0.490. The Balaban J connectivity index is 2.90. The highest BCUT2D eigenvalue weighted by Gasteiger charge is 2.05. The van der Waals surface area contributed by atoms with Crippen LogP contribution in [0.2, 0.25) is 0 Å². The third-order valence-corrected chi connectivity index (χ3v) is 1.28. The number of hydrogen-bond donors (Lipinski definition) is 0. The maximum Gasteiger partial charge on any atom is 0.0907 e. The van der Waals surface area contributed by atoms with Crippen molar-refractivity contribution in [3.05, 3.63) is 24.5 Å². The Morgan fingerprint density at radius 2 is 1.44 bits per heavy atom. The minimum Gasteiger partial charge on any atom is -0.224 e. The van der Waals surface area contributed by atoms with Gasteiger partial charge in [-0.2, -0.15) is 0 Å². The molecule has 0 fully saturated rings. The van der Waals surface area contributed by atoms with Crippen molar-refractivity contribution in [2.45, 2.75) is 0 Å². The molecule has 0 aliphatic carbocycles. The van der Waals surface area contributed by atoms with Crippen molar-refractivity contribution in [2.24, 2.45) is 0 Å². The van der Waals surface area contributed by atoms with Crippen molar-refractivity contribution in [3.8, 4) is 0 Å². The van der Waals surface area contributed by atoms with Crippen molar-refractivity contribution >= 4 is 0 Å². The molecule has 0 radical (unpaired) electrons. The van der Waals surface area contributed by atoms with Gasteiger partial charge < -0.3 is 0 Å². The molecule has 1 rings (SSSR count). The second-order valence-corrected chi connectivity index (χ2v) is 3.00. The monoisotopic (exact) mass is 125 g/mol. The number of aromatic nitrogens is 1. The van der Waals surface area contributed by atoms with Crippen LogP contribution in [0.3, 0.4) is 0 Å². The molecular formula is C7H13N2+. The largest absolute Gasteiger partial charge is 0.224 e. The summed E-state index contributed by atoms with van der Waals surface area (Å²) in [7, 11) is 6.38. The second kappa shape index (κ2) is 1.88. The van der Waals surface area contributed by atoms with Crippen molar-refractivity contribution in [3.63, 3.8) is 0 Å². The van der Waals surface area contributed by atoms with Gasteiger partial charge in [-0.05, 0) is 12.1 Å². The number of nitrogens with zero attached hydrogens (tertiary/aromatic N) is 2. The van der Waals surface area contributed by atoms with E-state index in [2.05, 4.69) is 38.2 Å². The zero-order valence-corrected chi connectivity index (χ0v) is 6.20. The van der Waals surface area contributed by atoms with Crippen LogP contribution in [-0.4, -0.2) is 25.8 Å². The van der Waals surface area contributed by atoms with Gasteiger partial charge >= 0.3 is 0 Å². The standard InChI is InChI=1S/C7H13N2/c1-9(2,3)8-6-4-5-7-8/h4-7H,1-3H3/q+1. The fourth-order valence-electron chi connectivity index (χ4n) is 0.725. The normalized spacial score (nSPS) is 11.9. The average Bonchev–Trinajstić information content (AvgIpc) is 2.08. The summed E-state index contributed by atoms with van der Waals surface area (Å²) in [5.74, 6) is 0. The van der Waals surface area contributed by atoms with Crippen LogP contribution in [0.25, 0.3) is 0 Å². The first-order chi connectivity index (χ1) is 4.11. The van der Waals surface area contributed by atoms with Crippen molar-refractivity contribution < 1.29 is 0 Å². The molecular weight excluding hydrogens is 112 g/mol. The molecule has 0 N–H and O–H groups in total.